The molecule has 9 heteroatoms. The molecule has 2 aromatic heterocycles. The van der Waals surface area contributed by atoms with Crippen LogP contribution >= 0.6 is 36.6 Å². The Hall–Kier alpha value is -1.38. The second kappa shape index (κ2) is 11.4. The van der Waals surface area contributed by atoms with Crippen molar-refractivity contribution in [3.8, 4) is 0 Å². The molecule has 1 saturated heterocycles. The van der Waals surface area contributed by atoms with Gasteiger partial charge in [-0.1, -0.05) is 17.8 Å². The number of aromatic nitrogens is 2. The summed E-state index contributed by atoms with van der Waals surface area (Å²) in [7, 11) is 0. The molecule has 0 bridgehead atoms. The highest BCUT2D eigenvalue weighted by atomic mass is 35.5. The zero-order valence-electron chi connectivity index (χ0n) is 14.0. The van der Waals surface area contributed by atoms with E-state index >= 15 is 0 Å². The first kappa shape index (κ1) is 22.7. The van der Waals surface area contributed by atoms with Crippen LogP contribution in [0.5, 0.6) is 0 Å². The lowest BCUT2D eigenvalue weighted by Gasteiger charge is -2.26. The summed E-state index contributed by atoms with van der Waals surface area (Å²) >= 11 is 1.44. The number of pyridine rings is 2. The smallest absolute Gasteiger partial charge is 0.241 e. The van der Waals surface area contributed by atoms with E-state index in [1.54, 1.807) is 18.5 Å². The van der Waals surface area contributed by atoms with Crippen molar-refractivity contribution in [2.45, 2.75) is 28.9 Å². The molecule has 3 rings (SSSR count). The molecule has 142 valence electrons. The highest BCUT2D eigenvalue weighted by Gasteiger charge is 2.26. The lowest BCUT2D eigenvalue weighted by molar-refractivity contribution is -0.119. The first-order chi connectivity index (χ1) is 11.7. The Balaban J connectivity index is 0.00000169. The van der Waals surface area contributed by atoms with E-state index in [9.17, 15) is 4.79 Å². The number of nitrogens with two attached hydrogens (primary N) is 1. The molecule has 1 amide bonds. The van der Waals surface area contributed by atoms with Crippen LogP contribution in [0, 0.1) is 5.92 Å². The average Bonchev–Trinajstić information content (AvgIpc) is 2.63. The first-order valence-electron chi connectivity index (χ1n) is 7.91. The minimum absolute atomic E-state index is 0. The van der Waals surface area contributed by atoms with Gasteiger partial charge in [-0.2, -0.15) is 0 Å². The minimum Gasteiger partial charge on any atom is -0.381 e. The number of carbonyl (C=O) groups is 1. The van der Waals surface area contributed by atoms with Gasteiger partial charge in [-0.25, -0.2) is 9.97 Å². The number of ether oxygens (including phenoxy) is 1. The van der Waals surface area contributed by atoms with Gasteiger partial charge in [0.25, 0.3) is 0 Å². The Labute approximate surface area is 169 Å². The van der Waals surface area contributed by atoms with Gasteiger partial charge in [0.1, 0.15) is 10.1 Å². The number of anilines is 1. The van der Waals surface area contributed by atoms with E-state index in [0.29, 0.717) is 18.9 Å². The number of nitrogens with zero attached hydrogens (tertiary/aromatic N) is 2. The zero-order valence-corrected chi connectivity index (χ0v) is 16.5. The van der Waals surface area contributed by atoms with Crippen LogP contribution < -0.4 is 11.1 Å². The maximum atomic E-state index is 12.4. The quantitative estimate of drug-likeness (QED) is 0.777. The molecule has 6 nitrogen and oxygen atoms in total. The summed E-state index contributed by atoms with van der Waals surface area (Å²) in [6, 6.07) is 8.78. The van der Waals surface area contributed by atoms with Gasteiger partial charge in [0.2, 0.25) is 5.91 Å². The molecule has 3 N–H and O–H groups in total. The third-order valence-corrected chi connectivity index (χ3v) is 4.81. The molecule has 1 aliphatic heterocycles. The van der Waals surface area contributed by atoms with Crippen molar-refractivity contribution >= 4 is 48.2 Å². The topological polar surface area (TPSA) is 90.1 Å². The van der Waals surface area contributed by atoms with Gasteiger partial charge >= 0.3 is 0 Å². The Morgan fingerprint density at radius 2 is 1.88 bits per heavy atom. The number of hydrogen-bond donors (Lipinski definition) is 2. The summed E-state index contributed by atoms with van der Waals surface area (Å²) in [6.07, 6.45) is 5.05. The fraction of sp³-hybridized carbons (Fsp3) is 0.353. The molecule has 1 fully saturated rings. The van der Waals surface area contributed by atoms with Gasteiger partial charge in [0.05, 0.1) is 6.04 Å². The Kier molecular flexibility index (Phi) is 9.90. The summed E-state index contributed by atoms with van der Waals surface area (Å²) < 4.78 is 5.32. The zero-order chi connectivity index (χ0) is 16.8. The van der Waals surface area contributed by atoms with Gasteiger partial charge in [0, 0.05) is 31.3 Å². The largest absolute Gasteiger partial charge is 0.381 e. The molecule has 1 unspecified atom stereocenters. The lowest BCUT2D eigenvalue weighted by Crippen LogP contribution is -2.44. The van der Waals surface area contributed by atoms with Crippen molar-refractivity contribution in [2.75, 3.05) is 18.5 Å². The standard InChI is InChI=1S/C17H20N4O2S.2ClH/c18-16(12-5-9-23-10-6-12)17(22)21-13-4-8-20-15(11-13)24-14-3-1-2-7-19-14;;/h1-4,7-8,11-12,16H,5-6,9-10,18H2,(H,20,21,22);2*1H. The van der Waals surface area contributed by atoms with Crippen LogP contribution in [0.3, 0.4) is 0 Å². The summed E-state index contributed by atoms with van der Waals surface area (Å²) in [5, 5.41) is 4.51. The van der Waals surface area contributed by atoms with Crippen LogP contribution in [0.15, 0.2) is 52.8 Å². The Morgan fingerprint density at radius 3 is 2.58 bits per heavy atom. The monoisotopic (exact) mass is 416 g/mol. The van der Waals surface area contributed by atoms with Gasteiger partial charge in [-0.05, 0) is 43.0 Å². The molecule has 1 aliphatic rings. The van der Waals surface area contributed by atoms with Crippen molar-refractivity contribution < 1.29 is 9.53 Å². The second-order valence-corrected chi connectivity index (χ2v) is 6.66. The summed E-state index contributed by atoms with van der Waals surface area (Å²) in [5.41, 5.74) is 6.79. The third-order valence-electron chi connectivity index (χ3n) is 3.93. The molecule has 0 radical (unpaired) electrons. The van der Waals surface area contributed by atoms with Gasteiger partial charge < -0.3 is 15.8 Å². The van der Waals surface area contributed by atoms with E-state index in [1.807, 2.05) is 24.3 Å². The summed E-state index contributed by atoms with van der Waals surface area (Å²) in [6.45, 7) is 1.34. The second-order valence-electron chi connectivity index (χ2n) is 5.62. The van der Waals surface area contributed by atoms with Crippen molar-refractivity contribution in [3.63, 3.8) is 0 Å². The third kappa shape index (κ3) is 6.41. The highest BCUT2D eigenvalue weighted by Crippen LogP contribution is 2.26. The number of carbonyl (C=O) groups excluding carboxylic acids is 1. The van der Waals surface area contributed by atoms with E-state index in [1.165, 1.54) is 11.8 Å². The van der Waals surface area contributed by atoms with Crippen molar-refractivity contribution in [1.29, 1.82) is 0 Å². The first-order valence-corrected chi connectivity index (χ1v) is 8.73. The highest BCUT2D eigenvalue weighted by molar-refractivity contribution is 7.99. The van der Waals surface area contributed by atoms with Gasteiger partial charge in [-0.3, -0.25) is 4.79 Å². The molecular formula is C17H22Cl2N4O2S. The maximum absolute atomic E-state index is 12.4. The molecule has 3 heterocycles. The predicted octanol–water partition coefficient (Wildman–Crippen LogP) is 3.16. The summed E-state index contributed by atoms with van der Waals surface area (Å²) in [4.78, 5) is 20.9. The fourth-order valence-electron chi connectivity index (χ4n) is 2.57. The molecule has 26 heavy (non-hydrogen) atoms. The van der Waals surface area contributed by atoms with E-state index in [-0.39, 0.29) is 36.6 Å². The van der Waals surface area contributed by atoms with Crippen LogP contribution in [0.2, 0.25) is 0 Å². The van der Waals surface area contributed by atoms with Crippen LogP contribution in [0.4, 0.5) is 5.69 Å². The molecule has 1 atom stereocenters. The van der Waals surface area contributed by atoms with E-state index in [4.69, 9.17) is 10.5 Å². The molecule has 0 spiro atoms. The maximum Gasteiger partial charge on any atom is 0.241 e. The van der Waals surface area contributed by atoms with Gasteiger partial charge in [0.15, 0.2) is 0 Å². The van der Waals surface area contributed by atoms with Crippen LogP contribution in [-0.2, 0) is 9.53 Å². The van der Waals surface area contributed by atoms with Crippen molar-refractivity contribution in [2.24, 2.45) is 11.7 Å². The molecule has 2 aromatic rings. The molecule has 0 saturated carbocycles. The molecular weight excluding hydrogens is 395 g/mol. The van der Waals surface area contributed by atoms with E-state index in [2.05, 4.69) is 15.3 Å². The molecule has 0 aliphatic carbocycles. The number of halogens is 2. The Bertz CT molecular complexity index is 687. The van der Waals surface area contributed by atoms with Crippen LogP contribution in [0.25, 0.3) is 0 Å². The van der Waals surface area contributed by atoms with Crippen molar-refractivity contribution in [3.05, 3.63) is 42.7 Å². The lowest BCUT2D eigenvalue weighted by atomic mass is 9.92. The average molecular weight is 417 g/mol. The number of amides is 1. The van der Waals surface area contributed by atoms with E-state index < -0.39 is 6.04 Å². The fourth-order valence-corrected chi connectivity index (χ4v) is 3.35. The number of rotatable bonds is 5. The normalized spacial score (nSPS) is 15.3. The van der Waals surface area contributed by atoms with Crippen molar-refractivity contribution in [1.82, 2.24) is 9.97 Å². The minimum atomic E-state index is -0.519. The van der Waals surface area contributed by atoms with Crippen LogP contribution in [0.1, 0.15) is 12.8 Å². The molecule has 0 aromatic carbocycles. The number of hydrogen-bond acceptors (Lipinski definition) is 6. The summed E-state index contributed by atoms with van der Waals surface area (Å²) in [5.74, 6) is 0.00448. The number of nitrogens with one attached hydrogen (secondary N) is 1. The van der Waals surface area contributed by atoms with Crippen LogP contribution in [-0.4, -0.2) is 35.1 Å². The SMILES string of the molecule is Cl.Cl.NC(C(=O)Nc1ccnc(Sc2ccccn2)c1)C1CCOCC1. The van der Waals surface area contributed by atoms with Gasteiger partial charge in [-0.15, -0.1) is 24.8 Å². The Morgan fingerprint density at radius 1 is 1.15 bits per heavy atom. The predicted molar refractivity (Wildman–Crippen MR) is 107 cm³/mol. The van der Waals surface area contributed by atoms with E-state index in [0.717, 1.165) is 22.9 Å².